The maximum atomic E-state index is 5.99. The van der Waals surface area contributed by atoms with Gasteiger partial charge in [0.05, 0.1) is 25.4 Å². The molecule has 0 spiro atoms. The molecule has 3 heteroatoms. The zero-order valence-electron chi connectivity index (χ0n) is 11.8. The summed E-state index contributed by atoms with van der Waals surface area (Å²) in [7, 11) is 0. The number of hydrogen-bond acceptors (Lipinski definition) is 3. The summed E-state index contributed by atoms with van der Waals surface area (Å²) in [5.41, 5.74) is 8.35. The van der Waals surface area contributed by atoms with Gasteiger partial charge in [0, 0.05) is 6.04 Å². The minimum Gasteiger partial charge on any atom is -0.376 e. The minimum absolute atomic E-state index is 0.0363. The number of aryl methyl sites for hydroxylation is 1. The maximum absolute atomic E-state index is 5.99. The van der Waals surface area contributed by atoms with Crippen LogP contribution in [0.3, 0.4) is 0 Å². The largest absolute Gasteiger partial charge is 0.376 e. The van der Waals surface area contributed by atoms with Gasteiger partial charge in [0.25, 0.3) is 0 Å². The highest BCUT2D eigenvalue weighted by Gasteiger charge is 2.16. The number of ether oxygens (including phenoxy) is 2. The number of nitrogens with two attached hydrogens (primary N) is 1. The van der Waals surface area contributed by atoms with Crippen molar-refractivity contribution < 1.29 is 9.47 Å². The van der Waals surface area contributed by atoms with E-state index in [1.807, 2.05) is 26.8 Å². The molecule has 0 bridgehead atoms. The summed E-state index contributed by atoms with van der Waals surface area (Å²) in [6.45, 7) is 9.25. The van der Waals surface area contributed by atoms with Gasteiger partial charge in [0.2, 0.25) is 0 Å². The molecule has 18 heavy (non-hydrogen) atoms. The molecule has 0 aromatic heterocycles. The van der Waals surface area contributed by atoms with E-state index >= 15 is 0 Å². The van der Waals surface area contributed by atoms with Crippen LogP contribution in [0, 0.1) is 6.92 Å². The summed E-state index contributed by atoms with van der Waals surface area (Å²) in [5, 5.41) is 0. The van der Waals surface area contributed by atoms with Gasteiger partial charge in [0.15, 0.2) is 0 Å². The van der Waals surface area contributed by atoms with Gasteiger partial charge in [0.1, 0.15) is 0 Å². The van der Waals surface area contributed by atoms with Crippen molar-refractivity contribution in [2.45, 2.75) is 45.9 Å². The van der Waals surface area contributed by atoms with E-state index in [4.69, 9.17) is 15.2 Å². The first-order valence-electron chi connectivity index (χ1n) is 6.56. The molecule has 0 fully saturated rings. The lowest BCUT2D eigenvalue weighted by Gasteiger charge is -2.22. The van der Waals surface area contributed by atoms with Crippen molar-refractivity contribution in [3.8, 4) is 0 Å². The lowest BCUT2D eigenvalue weighted by atomic mass is 10.0. The monoisotopic (exact) mass is 251 g/mol. The van der Waals surface area contributed by atoms with E-state index in [0.29, 0.717) is 13.2 Å². The zero-order valence-corrected chi connectivity index (χ0v) is 11.8. The summed E-state index contributed by atoms with van der Waals surface area (Å²) in [5.74, 6) is 0. The second-order valence-corrected chi connectivity index (χ2v) is 4.98. The number of hydrogen-bond donors (Lipinski definition) is 1. The third kappa shape index (κ3) is 5.17. The van der Waals surface area contributed by atoms with Crippen LogP contribution in [-0.2, 0) is 9.47 Å². The molecule has 0 heterocycles. The molecule has 0 saturated carbocycles. The van der Waals surface area contributed by atoms with E-state index in [2.05, 4.69) is 25.1 Å². The average Bonchev–Trinajstić information content (AvgIpc) is 2.27. The highest BCUT2D eigenvalue weighted by molar-refractivity contribution is 5.25. The quantitative estimate of drug-likeness (QED) is 0.758. The van der Waals surface area contributed by atoms with E-state index in [1.54, 1.807) is 0 Å². The molecule has 2 N–H and O–H groups in total. The third-order valence-corrected chi connectivity index (χ3v) is 2.68. The van der Waals surface area contributed by atoms with Gasteiger partial charge < -0.3 is 15.2 Å². The first-order valence-corrected chi connectivity index (χ1v) is 6.56. The van der Waals surface area contributed by atoms with E-state index in [0.717, 1.165) is 5.56 Å². The second kappa shape index (κ2) is 7.52. The summed E-state index contributed by atoms with van der Waals surface area (Å²) in [6, 6.07) is 8.25. The fourth-order valence-electron chi connectivity index (χ4n) is 1.86. The Bertz CT molecular complexity index is 350. The first kappa shape index (κ1) is 15.2. The molecule has 0 amide bonds. The Morgan fingerprint density at radius 3 is 2.33 bits per heavy atom. The minimum atomic E-state index is -0.0688. The number of rotatable bonds is 7. The van der Waals surface area contributed by atoms with Crippen LogP contribution in [0.25, 0.3) is 0 Å². The summed E-state index contributed by atoms with van der Waals surface area (Å²) in [4.78, 5) is 0. The van der Waals surface area contributed by atoms with Crippen molar-refractivity contribution in [1.29, 1.82) is 0 Å². The molecule has 2 atom stereocenters. The third-order valence-electron chi connectivity index (χ3n) is 2.68. The molecule has 2 unspecified atom stereocenters. The lowest BCUT2D eigenvalue weighted by molar-refractivity contribution is -0.0201. The SMILES string of the molecule is Cc1cccc(C(OCCOC(C)C)C(C)N)c1. The van der Waals surface area contributed by atoms with Crippen molar-refractivity contribution in [3.63, 3.8) is 0 Å². The predicted molar refractivity (Wildman–Crippen MR) is 74.6 cm³/mol. The Balaban J connectivity index is 2.55. The zero-order chi connectivity index (χ0) is 13.5. The first-order chi connectivity index (χ1) is 8.50. The molecule has 1 aromatic carbocycles. The van der Waals surface area contributed by atoms with Gasteiger partial charge in [-0.2, -0.15) is 0 Å². The fourth-order valence-corrected chi connectivity index (χ4v) is 1.86. The molecule has 0 saturated heterocycles. The molecule has 3 nitrogen and oxygen atoms in total. The Kier molecular flexibility index (Phi) is 6.33. The van der Waals surface area contributed by atoms with Crippen molar-refractivity contribution in [3.05, 3.63) is 35.4 Å². The topological polar surface area (TPSA) is 44.5 Å². The summed E-state index contributed by atoms with van der Waals surface area (Å²) < 4.78 is 11.3. The fraction of sp³-hybridized carbons (Fsp3) is 0.600. The normalized spacial score (nSPS) is 14.8. The van der Waals surface area contributed by atoms with Gasteiger partial charge in [-0.15, -0.1) is 0 Å². The summed E-state index contributed by atoms with van der Waals surface area (Å²) in [6.07, 6.45) is 0.169. The van der Waals surface area contributed by atoms with Crippen LogP contribution in [0.5, 0.6) is 0 Å². The molecular formula is C15H25NO2. The maximum Gasteiger partial charge on any atom is 0.0974 e. The highest BCUT2D eigenvalue weighted by atomic mass is 16.5. The number of benzene rings is 1. The van der Waals surface area contributed by atoms with Crippen LogP contribution in [0.2, 0.25) is 0 Å². The molecule has 1 rings (SSSR count). The Hall–Kier alpha value is -0.900. The van der Waals surface area contributed by atoms with Crippen molar-refractivity contribution in [1.82, 2.24) is 0 Å². The molecule has 102 valence electrons. The van der Waals surface area contributed by atoms with Gasteiger partial charge in [-0.25, -0.2) is 0 Å². The Morgan fingerprint density at radius 1 is 1.11 bits per heavy atom. The van der Waals surface area contributed by atoms with Crippen LogP contribution in [0.15, 0.2) is 24.3 Å². The van der Waals surface area contributed by atoms with Crippen LogP contribution < -0.4 is 5.73 Å². The second-order valence-electron chi connectivity index (χ2n) is 4.98. The van der Waals surface area contributed by atoms with Crippen molar-refractivity contribution >= 4 is 0 Å². The average molecular weight is 251 g/mol. The standard InChI is InChI=1S/C15H25NO2/c1-11(2)17-8-9-18-15(13(4)16)14-7-5-6-12(3)10-14/h5-7,10-11,13,15H,8-9,16H2,1-4H3. The van der Waals surface area contributed by atoms with E-state index < -0.39 is 0 Å². The van der Waals surface area contributed by atoms with Crippen LogP contribution in [-0.4, -0.2) is 25.4 Å². The molecule has 0 aliphatic heterocycles. The van der Waals surface area contributed by atoms with E-state index in [1.165, 1.54) is 5.56 Å². The predicted octanol–water partition coefficient (Wildman–Crippen LogP) is 2.82. The lowest BCUT2D eigenvalue weighted by Crippen LogP contribution is -2.28. The van der Waals surface area contributed by atoms with Crippen molar-refractivity contribution in [2.24, 2.45) is 5.73 Å². The van der Waals surface area contributed by atoms with Gasteiger partial charge in [-0.05, 0) is 33.3 Å². The van der Waals surface area contributed by atoms with Gasteiger partial charge in [-0.3, -0.25) is 0 Å². The van der Waals surface area contributed by atoms with Gasteiger partial charge >= 0.3 is 0 Å². The smallest absolute Gasteiger partial charge is 0.0974 e. The van der Waals surface area contributed by atoms with Crippen LogP contribution >= 0.6 is 0 Å². The molecule has 0 aliphatic carbocycles. The van der Waals surface area contributed by atoms with E-state index in [-0.39, 0.29) is 18.2 Å². The van der Waals surface area contributed by atoms with E-state index in [9.17, 15) is 0 Å². The molecule has 1 aromatic rings. The Labute approximate surface area is 110 Å². The molecular weight excluding hydrogens is 226 g/mol. The van der Waals surface area contributed by atoms with Gasteiger partial charge in [-0.1, -0.05) is 29.8 Å². The van der Waals surface area contributed by atoms with Crippen LogP contribution in [0.1, 0.15) is 38.0 Å². The molecule has 0 aliphatic rings. The van der Waals surface area contributed by atoms with Crippen molar-refractivity contribution in [2.75, 3.05) is 13.2 Å². The molecule has 0 radical (unpaired) electrons. The Morgan fingerprint density at radius 2 is 1.78 bits per heavy atom. The summed E-state index contributed by atoms with van der Waals surface area (Å²) >= 11 is 0. The highest BCUT2D eigenvalue weighted by Crippen LogP contribution is 2.21. The van der Waals surface area contributed by atoms with Crippen LogP contribution in [0.4, 0.5) is 0 Å².